The summed E-state index contributed by atoms with van der Waals surface area (Å²) >= 11 is 0. The maximum atomic E-state index is 5.13. The SMILES string of the molecule is CC1(C)c2ccccc2-c2c1c1c3ccccc3n(-c3ccccc3)c1c1c3ccccc3n(-c3cccc(-c4nc(-c5ccccc5)nc(-c5ccccc5)n4)c3)c21. The molecule has 3 heterocycles. The van der Waals surface area contributed by atoms with Crippen LogP contribution in [0, 0.1) is 0 Å². The van der Waals surface area contributed by atoms with Gasteiger partial charge in [0, 0.05) is 60.6 Å². The third kappa shape index (κ3) is 4.88. The van der Waals surface area contributed by atoms with Gasteiger partial charge in [-0.1, -0.05) is 166 Å². The van der Waals surface area contributed by atoms with Crippen molar-refractivity contribution in [2.24, 2.45) is 0 Å². The van der Waals surface area contributed by atoms with Crippen LogP contribution in [-0.4, -0.2) is 24.1 Å². The van der Waals surface area contributed by atoms with Crippen LogP contribution < -0.4 is 0 Å². The summed E-state index contributed by atoms with van der Waals surface area (Å²) in [7, 11) is 0. The van der Waals surface area contributed by atoms with E-state index >= 15 is 0 Å². The first-order valence-corrected chi connectivity index (χ1v) is 20.2. The number of nitrogens with zero attached hydrogens (tertiary/aromatic N) is 5. The molecule has 0 radical (unpaired) electrons. The molecule has 0 N–H and O–H groups in total. The molecule has 8 aromatic carbocycles. The van der Waals surface area contributed by atoms with Gasteiger partial charge in [-0.15, -0.1) is 0 Å². The van der Waals surface area contributed by atoms with Crippen LogP contribution in [0.4, 0.5) is 0 Å². The highest BCUT2D eigenvalue weighted by atomic mass is 15.0. The van der Waals surface area contributed by atoms with E-state index in [0.717, 1.165) is 33.6 Å². The minimum atomic E-state index is -0.264. The van der Waals surface area contributed by atoms with Gasteiger partial charge in [-0.3, -0.25) is 0 Å². The van der Waals surface area contributed by atoms with E-state index in [1.54, 1.807) is 0 Å². The van der Waals surface area contributed by atoms with Crippen LogP contribution in [0.5, 0.6) is 0 Å². The largest absolute Gasteiger partial charge is 0.309 e. The highest BCUT2D eigenvalue weighted by Crippen LogP contribution is 2.58. The molecule has 0 spiro atoms. The Hall–Kier alpha value is -7.63. The van der Waals surface area contributed by atoms with Crippen LogP contribution in [0.25, 0.3) is 100 Å². The first kappa shape index (κ1) is 33.5. The normalized spacial score (nSPS) is 13.1. The Bertz CT molecular complexity index is 3390. The minimum Gasteiger partial charge on any atom is -0.309 e. The lowest BCUT2D eigenvalue weighted by molar-refractivity contribution is 0.667. The van der Waals surface area contributed by atoms with E-state index in [-0.39, 0.29) is 5.41 Å². The fourth-order valence-corrected chi connectivity index (χ4v) is 9.79. The first-order valence-electron chi connectivity index (χ1n) is 20.2. The second kappa shape index (κ2) is 12.7. The monoisotopic (exact) mass is 755 g/mol. The maximum Gasteiger partial charge on any atom is 0.164 e. The van der Waals surface area contributed by atoms with Crippen molar-refractivity contribution in [3.05, 3.63) is 199 Å². The first-order chi connectivity index (χ1) is 29.1. The molecule has 278 valence electrons. The van der Waals surface area contributed by atoms with Crippen molar-refractivity contribution < 1.29 is 0 Å². The summed E-state index contributed by atoms with van der Waals surface area (Å²) in [5.74, 6) is 1.91. The quantitative estimate of drug-likeness (QED) is 0.176. The van der Waals surface area contributed by atoms with E-state index in [1.807, 2.05) is 36.4 Å². The number of fused-ring (bicyclic) bond motifs is 12. The third-order valence-electron chi connectivity index (χ3n) is 12.3. The predicted molar refractivity (Wildman–Crippen MR) is 242 cm³/mol. The van der Waals surface area contributed by atoms with Gasteiger partial charge in [-0.2, -0.15) is 0 Å². The van der Waals surface area contributed by atoms with Gasteiger partial charge in [0.2, 0.25) is 0 Å². The van der Waals surface area contributed by atoms with E-state index in [0.29, 0.717) is 17.5 Å². The molecule has 0 bridgehead atoms. The van der Waals surface area contributed by atoms with Crippen molar-refractivity contribution in [2.45, 2.75) is 19.3 Å². The number of hydrogen-bond acceptors (Lipinski definition) is 3. The van der Waals surface area contributed by atoms with Gasteiger partial charge in [-0.25, -0.2) is 15.0 Å². The summed E-state index contributed by atoms with van der Waals surface area (Å²) < 4.78 is 5.00. The lowest BCUT2D eigenvalue weighted by Crippen LogP contribution is -2.15. The molecule has 11 aromatic rings. The molecule has 0 saturated heterocycles. The second-order valence-corrected chi connectivity index (χ2v) is 16.0. The highest BCUT2D eigenvalue weighted by Gasteiger charge is 2.41. The Morgan fingerprint density at radius 3 is 1.53 bits per heavy atom. The zero-order chi connectivity index (χ0) is 39.2. The van der Waals surface area contributed by atoms with Crippen molar-refractivity contribution in [3.63, 3.8) is 0 Å². The molecular formula is C54H37N5. The Morgan fingerprint density at radius 2 is 0.881 bits per heavy atom. The molecule has 3 aromatic heterocycles. The molecule has 0 aliphatic heterocycles. The Labute approximate surface area is 341 Å². The van der Waals surface area contributed by atoms with Crippen LogP contribution in [0.2, 0.25) is 0 Å². The zero-order valence-corrected chi connectivity index (χ0v) is 32.6. The van der Waals surface area contributed by atoms with Gasteiger partial charge in [-0.05, 0) is 53.1 Å². The zero-order valence-electron chi connectivity index (χ0n) is 32.6. The summed E-state index contributed by atoms with van der Waals surface area (Å²) in [5, 5.41) is 5.03. The number of aromatic nitrogens is 5. The molecule has 1 aliphatic carbocycles. The van der Waals surface area contributed by atoms with Gasteiger partial charge >= 0.3 is 0 Å². The molecular weight excluding hydrogens is 719 g/mol. The Balaban J connectivity index is 1.22. The molecule has 0 saturated carbocycles. The molecule has 0 fully saturated rings. The number of rotatable bonds is 5. The van der Waals surface area contributed by atoms with Gasteiger partial charge in [0.25, 0.3) is 0 Å². The average molecular weight is 756 g/mol. The lowest BCUT2D eigenvalue weighted by Gasteiger charge is -2.23. The van der Waals surface area contributed by atoms with Crippen LogP contribution >= 0.6 is 0 Å². The van der Waals surface area contributed by atoms with Crippen molar-refractivity contribution in [1.82, 2.24) is 24.1 Å². The molecule has 0 atom stereocenters. The van der Waals surface area contributed by atoms with E-state index in [2.05, 4.69) is 175 Å². The van der Waals surface area contributed by atoms with Gasteiger partial charge in [0.1, 0.15) is 0 Å². The van der Waals surface area contributed by atoms with Crippen molar-refractivity contribution >= 4 is 43.6 Å². The van der Waals surface area contributed by atoms with E-state index in [9.17, 15) is 0 Å². The summed E-state index contributed by atoms with van der Waals surface area (Å²) in [6.45, 7) is 4.81. The van der Waals surface area contributed by atoms with E-state index < -0.39 is 0 Å². The van der Waals surface area contributed by atoms with Crippen molar-refractivity contribution in [1.29, 1.82) is 0 Å². The van der Waals surface area contributed by atoms with Crippen molar-refractivity contribution in [3.8, 4) is 56.7 Å². The summed E-state index contributed by atoms with van der Waals surface area (Å²) in [6, 6.07) is 66.8. The van der Waals surface area contributed by atoms with Gasteiger partial charge in [0.05, 0.1) is 22.1 Å². The summed E-state index contributed by atoms with van der Waals surface area (Å²) in [4.78, 5) is 15.2. The van der Waals surface area contributed by atoms with Crippen LogP contribution in [0.3, 0.4) is 0 Å². The molecule has 5 nitrogen and oxygen atoms in total. The number of para-hydroxylation sites is 3. The van der Waals surface area contributed by atoms with Crippen LogP contribution in [-0.2, 0) is 5.41 Å². The van der Waals surface area contributed by atoms with Crippen molar-refractivity contribution in [2.75, 3.05) is 0 Å². The fourth-order valence-electron chi connectivity index (χ4n) is 9.79. The molecule has 0 unspecified atom stereocenters. The molecule has 12 rings (SSSR count). The third-order valence-corrected chi connectivity index (χ3v) is 12.3. The summed E-state index contributed by atoms with van der Waals surface area (Å²) in [6.07, 6.45) is 0. The van der Waals surface area contributed by atoms with E-state index in [4.69, 9.17) is 15.0 Å². The maximum absolute atomic E-state index is 5.13. The van der Waals surface area contributed by atoms with Gasteiger partial charge in [0.15, 0.2) is 17.5 Å². The van der Waals surface area contributed by atoms with Gasteiger partial charge < -0.3 is 9.13 Å². The Kier molecular flexibility index (Phi) is 7.20. The topological polar surface area (TPSA) is 48.5 Å². The molecule has 1 aliphatic rings. The fraction of sp³-hybridized carbons (Fsp3) is 0.0556. The molecule has 59 heavy (non-hydrogen) atoms. The predicted octanol–water partition coefficient (Wildman–Crippen LogP) is 13.4. The lowest BCUT2D eigenvalue weighted by atomic mass is 9.80. The summed E-state index contributed by atoms with van der Waals surface area (Å²) in [5.41, 5.74) is 14.8. The number of benzene rings is 8. The highest BCUT2D eigenvalue weighted by molar-refractivity contribution is 6.31. The average Bonchev–Trinajstić information content (AvgIpc) is 3.90. The molecule has 5 heteroatoms. The standard InChI is InChI=1S/C54H37N5/c1-54(2)42-30-15-12-27-39(42)45-48(54)46-40-28-13-16-31-43(40)58(37-24-10-5-11-25-37)50(46)47-41-29-14-17-32-44(41)59(49(45)47)38-26-18-23-36(33-38)53-56-51(34-19-6-3-7-20-34)55-52(57-53)35-21-8-4-9-22-35/h3-33H,1-2H3. The smallest absolute Gasteiger partial charge is 0.164 e. The van der Waals surface area contributed by atoms with Crippen LogP contribution in [0.15, 0.2) is 188 Å². The second-order valence-electron chi connectivity index (χ2n) is 16.0. The Morgan fingerprint density at radius 1 is 0.407 bits per heavy atom. The number of hydrogen-bond donors (Lipinski definition) is 0. The molecule has 0 amide bonds. The minimum absolute atomic E-state index is 0.264. The van der Waals surface area contributed by atoms with E-state index in [1.165, 1.54) is 60.3 Å². The van der Waals surface area contributed by atoms with Crippen LogP contribution in [0.1, 0.15) is 25.0 Å².